The minimum atomic E-state index is -0.584. The van der Waals surface area contributed by atoms with Gasteiger partial charge in [-0.05, 0) is 24.6 Å². The van der Waals surface area contributed by atoms with E-state index < -0.39 is 5.63 Å². The molecule has 132 valence electrons. The predicted molar refractivity (Wildman–Crippen MR) is 97.3 cm³/mol. The second-order valence-electron chi connectivity index (χ2n) is 5.73. The van der Waals surface area contributed by atoms with Gasteiger partial charge in [0.1, 0.15) is 17.1 Å². The number of methoxy groups -OCH3 is 1. The summed E-state index contributed by atoms with van der Waals surface area (Å²) in [6.07, 6.45) is 0.456. The number of phenols is 1. The van der Waals surface area contributed by atoms with Crippen LogP contribution >= 0.6 is 11.8 Å². The molecular weight excluding hydrogens is 342 g/mol. The Hall–Kier alpha value is -2.41. The van der Waals surface area contributed by atoms with E-state index in [0.717, 1.165) is 11.3 Å². The number of rotatable bonds is 3. The van der Waals surface area contributed by atoms with Crippen LogP contribution in [0.5, 0.6) is 17.2 Å². The summed E-state index contributed by atoms with van der Waals surface area (Å²) < 4.78 is 10.2. The van der Waals surface area contributed by atoms with Crippen LogP contribution in [0.4, 0.5) is 0 Å². The summed E-state index contributed by atoms with van der Waals surface area (Å²) in [4.78, 5) is 16.6. The number of benzene rings is 1. The lowest BCUT2D eigenvalue weighted by molar-refractivity contribution is 0.373. The van der Waals surface area contributed by atoms with Crippen LogP contribution in [0.2, 0.25) is 0 Å². The van der Waals surface area contributed by atoms with E-state index in [2.05, 4.69) is 4.99 Å². The van der Waals surface area contributed by atoms with Crippen molar-refractivity contribution in [3.63, 3.8) is 0 Å². The molecule has 2 aromatic rings. The third-order valence-electron chi connectivity index (χ3n) is 4.01. The quantitative estimate of drug-likeness (QED) is 0.873. The molecule has 3 rings (SSSR count). The maximum absolute atomic E-state index is 12.2. The minimum absolute atomic E-state index is 0.00170. The van der Waals surface area contributed by atoms with Gasteiger partial charge in [-0.3, -0.25) is 4.99 Å². The molecule has 1 aromatic carbocycles. The summed E-state index contributed by atoms with van der Waals surface area (Å²) in [5, 5.41) is 20.2. The summed E-state index contributed by atoms with van der Waals surface area (Å²) in [6.45, 7) is 2.16. The third kappa shape index (κ3) is 3.66. The number of thioether (sulfide) groups is 1. The largest absolute Gasteiger partial charge is 0.507 e. The topological polar surface area (TPSA) is 92.3 Å². The van der Waals surface area contributed by atoms with Crippen LogP contribution in [0, 0.1) is 6.92 Å². The Kier molecular flexibility index (Phi) is 5.03. The van der Waals surface area contributed by atoms with Crippen molar-refractivity contribution in [2.75, 3.05) is 19.4 Å². The Labute approximate surface area is 149 Å². The molecule has 1 aliphatic heterocycles. The average Bonchev–Trinajstić information content (AvgIpc) is 2.80. The van der Waals surface area contributed by atoms with E-state index in [1.54, 1.807) is 30.8 Å². The van der Waals surface area contributed by atoms with E-state index in [4.69, 9.17) is 9.15 Å². The molecule has 0 saturated carbocycles. The molecule has 0 spiro atoms. The smallest absolute Gasteiger partial charge is 0.348 e. The second kappa shape index (κ2) is 7.23. The number of phenolic OH excluding ortho intramolecular Hbond substituents is 1. The molecule has 2 heterocycles. The molecule has 2 N–H and O–H groups in total. The summed E-state index contributed by atoms with van der Waals surface area (Å²) in [6, 6.07) is 6.68. The van der Waals surface area contributed by atoms with Crippen molar-refractivity contribution in [3.05, 3.63) is 51.6 Å². The van der Waals surface area contributed by atoms with Crippen LogP contribution in [-0.2, 0) is 0 Å². The fourth-order valence-corrected chi connectivity index (χ4v) is 3.93. The number of hydrogen-bond donors (Lipinski definition) is 2. The Morgan fingerprint density at radius 2 is 2.08 bits per heavy atom. The second-order valence-corrected chi connectivity index (χ2v) is 7.04. The number of aliphatic imine (C=N–C) groups is 1. The van der Waals surface area contributed by atoms with Crippen molar-refractivity contribution in [1.82, 2.24) is 0 Å². The van der Waals surface area contributed by atoms with E-state index >= 15 is 0 Å². The van der Waals surface area contributed by atoms with Gasteiger partial charge in [0.15, 0.2) is 11.5 Å². The molecule has 25 heavy (non-hydrogen) atoms. The van der Waals surface area contributed by atoms with Gasteiger partial charge in [-0.2, -0.15) is 11.8 Å². The average molecular weight is 361 g/mol. The number of ether oxygens (including phenoxy) is 1. The van der Waals surface area contributed by atoms with E-state index in [9.17, 15) is 15.0 Å². The van der Waals surface area contributed by atoms with Crippen LogP contribution in [0.25, 0.3) is 0 Å². The van der Waals surface area contributed by atoms with Crippen LogP contribution < -0.4 is 10.4 Å². The number of hydrogen-bond acceptors (Lipinski definition) is 7. The number of nitrogens with zero attached hydrogens (tertiary/aromatic N) is 1. The van der Waals surface area contributed by atoms with Crippen LogP contribution in [0.15, 0.2) is 38.5 Å². The Morgan fingerprint density at radius 3 is 2.76 bits per heavy atom. The lowest BCUT2D eigenvalue weighted by Gasteiger charge is -2.16. The van der Waals surface area contributed by atoms with Gasteiger partial charge in [0.25, 0.3) is 0 Å². The molecule has 0 aliphatic carbocycles. The molecule has 0 bridgehead atoms. The monoisotopic (exact) mass is 361 g/mol. The first kappa shape index (κ1) is 17.4. The van der Waals surface area contributed by atoms with Crippen LogP contribution in [0.3, 0.4) is 0 Å². The highest BCUT2D eigenvalue weighted by Gasteiger charge is 2.24. The first-order valence-electron chi connectivity index (χ1n) is 7.85. The van der Waals surface area contributed by atoms with Gasteiger partial charge in [-0.1, -0.05) is 6.07 Å². The first-order chi connectivity index (χ1) is 12.0. The van der Waals surface area contributed by atoms with Gasteiger partial charge in [0, 0.05) is 30.0 Å². The molecule has 1 unspecified atom stereocenters. The van der Waals surface area contributed by atoms with Gasteiger partial charge >= 0.3 is 5.63 Å². The molecule has 0 radical (unpaired) electrons. The highest BCUT2D eigenvalue weighted by atomic mass is 32.2. The van der Waals surface area contributed by atoms with E-state index in [-0.39, 0.29) is 22.3 Å². The normalized spacial score (nSPS) is 17.7. The van der Waals surface area contributed by atoms with Gasteiger partial charge in [0.05, 0.1) is 12.8 Å². The molecule has 1 atom stereocenters. The van der Waals surface area contributed by atoms with E-state index in [0.29, 0.717) is 30.2 Å². The number of aryl methyl sites for hydroxylation is 1. The van der Waals surface area contributed by atoms with Gasteiger partial charge in [0.2, 0.25) is 0 Å². The summed E-state index contributed by atoms with van der Waals surface area (Å²) in [5.74, 6) is 1.50. The van der Waals surface area contributed by atoms with Crippen molar-refractivity contribution >= 4 is 17.5 Å². The SMILES string of the molecule is COc1ccc(C2CC(c3c(O)cc(C)oc3=O)=NCCS2)cc1O. The van der Waals surface area contributed by atoms with E-state index in [1.165, 1.54) is 13.2 Å². The fourth-order valence-electron chi connectivity index (χ4n) is 2.84. The maximum atomic E-state index is 12.2. The molecular formula is C18H19NO5S. The number of aromatic hydroxyl groups is 2. The zero-order chi connectivity index (χ0) is 18.0. The fraction of sp³-hybridized carbons (Fsp3) is 0.333. The molecule has 1 aliphatic rings. The lowest BCUT2D eigenvalue weighted by atomic mass is 10.0. The lowest BCUT2D eigenvalue weighted by Crippen LogP contribution is -2.17. The van der Waals surface area contributed by atoms with Gasteiger partial charge in [-0.25, -0.2) is 4.79 Å². The zero-order valence-electron chi connectivity index (χ0n) is 14.0. The van der Waals surface area contributed by atoms with E-state index in [1.807, 2.05) is 6.07 Å². The minimum Gasteiger partial charge on any atom is -0.507 e. The Balaban J connectivity index is 1.95. The molecule has 7 heteroatoms. The molecule has 6 nitrogen and oxygen atoms in total. The standard InChI is InChI=1S/C18H19NO5S/c1-10-7-14(21)17(18(22)24-10)12-9-16(25-6-5-19-12)11-3-4-15(23-2)13(20)8-11/h3-4,7-8,16,20-21H,5-6,9H2,1-2H3. The molecule has 0 amide bonds. The Morgan fingerprint density at radius 1 is 1.28 bits per heavy atom. The van der Waals surface area contributed by atoms with Crippen molar-refractivity contribution in [2.24, 2.45) is 4.99 Å². The third-order valence-corrected chi connectivity index (χ3v) is 5.27. The van der Waals surface area contributed by atoms with Crippen molar-refractivity contribution in [1.29, 1.82) is 0 Å². The maximum Gasteiger partial charge on any atom is 0.348 e. The van der Waals surface area contributed by atoms with Crippen LogP contribution in [-0.4, -0.2) is 35.3 Å². The van der Waals surface area contributed by atoms with Crippen molar-refractivity contribution < 1.29 is 19.4 Å². The summed E-state index contributed by atoms with van der Waals surface area (Å²) in [5.41, 5.74) is 0.973. The zero-order valence-corrected chi connectivity index (χ0v) is 14.8. The first-order valence-corrected chi connectivity index (χ1v) is 8.90. The Bertz CT molecular complexity index is 874. The molecule has 0 fully saturated rings. The summed E-state index contributed by atoms with van der Waals surface area (Å²) >= 11 is 1.69. The van der Waals surface area contributed by atoms with Crippen molar-refractivity contribution in [3.8, 4) is 17.2 Å². The highest BCUT2D eigenvalue weighted by Crippen LogP contribution is 2.39. The molecule has 0 saturated heterocycles. The van der Waals surface area contributed by atoms with Crippen molar-refractivity contribution in [2.45, 2.75) is 18.6 Å². The highest BCUT2D eigenvalue weighted by molar-refractivity contribution is 7.99. The summed E-state index contributed by atoms with van der Waals surface area (Å²) in [7, 11) is 1.50. The van der Waals surface area contributed by atoms with Gasteiger partial charge in [-0.15, -0.1) is 0 Å². The van der Waals surface area contributed by atoms with Crippen LogP contribution in [0.1, 0.15) is 28.6 Å². The van der Waals surface area contributed by atoms with Gasteiger partial charge < -0.3 is 19.4 Å². The predicted octanol–water partition coefficient (Wildman–Crippen LogP) is 3.04. The molecule has 1 aromatic heterocycles.